The lowest BCUT2D eigenvalue weighted by Gasteiger charge is -2.25. The molecule has 1 rings (SSSR count). The Balaban J connectivity index is 2.83. The highest BCUT2D eigenvalue weighted by Gasteiger charge is 2.21. The second-order valence-electron chi connectivity index (χ2n) is 6.15. The molecule has 0 unspecified atom stereocenters. The third-order valence-electron chi connectivity index (χ3n) is 2.89. The number of hydrogen-bond acceptors (Lipinski definition) is 4. The molecule has 1 aromatic rings. The monoisotopic (exact) mass is 362 g/mol. The van der Waals surface area contributed by atoms with Crippen LogP contribution in [-0.2, 0) is 14.8 Å². The van der Waals surface area contributed by atoms with Crippen LogP contribution >= 0.6 is 11.6 Å². The molecule has 0 saturated carbocycles. The van der Waals surface area contributed by atoms with Crippen molar-refractivity contribution in [3.63, 3.8) is 0 Å². The lowest BCUT2D eigenvalue weighted by atomic mass is 10.2. The summed E-state index contributed by atoms with van der Waals surface area (Å²) >= 11 is 6.05. The van der Waals surface area contributed by atoms with E-state index in [1.165, 1.54) is 4.31 Å². The molecule has 1 N–H and O–H groups in total. The number of nitrogens with one attached hydrogen (secondary N) is 1. The van der Waals surface area contributed by atoms with Crippen LogP contribution in [0, 0.1) is 6.92 Å². The van der Waals surface area contributed by atoms with Crippen molar-refractivity contribution < 1.29 is 17.9 Å². The molecule has 0 spiro atoms. The van der Waals surface area contributed by atoms with Gasteiger partial charge in [0.15, 0.2) is 0 Å². The zero-order valence-electron chi connectivity index (χ0n) is 14.0. The molecule has 0 fully saturated rings. The standard InChI is InChI=1S/C15H23ClN2O4S/c1-11-12(16)7-6-8-13(11)18(23(5,20)21)10-9-17-14(19)22-15(2,3)4/h6-8H,9-10H2,1-5H3,(H,17,19). The maximum Gasteiger partial charge on any atom is 0.407 e. The molecule has 6 nitrogen and oxygen atoms in total. The van der Waals surface area contributed by atoms with Gasteiger partial charge in [-0.3, -0.25) is 4.31 Å². The first-order chi connectivity index (χ1) is 10.4. The Morgan fingerprint density at radius 1 is 1.35 bits per heavy atom. The Labute approximate surface area is 142 Å². The molecular formula is C15H23ClN2O4S. The zero-order chi connectivity index (χ0) is 17.8. The fraction of sp³-hybridized carbons (Fsp3) is 0.533. The molecule has 0 saturated heterocycles. The van der Waals surface area contributed by atoms with Crippen molar-refractivity contribution in [1.82, 2.24) is 5.32 Å². The predicted octanol–water partition coefficient (Wildman–Crippen LogP) is 2.94. The van der Waals surface area contributed by atoms with E-state index in [4.69, 9.17) is 16.3 Å². The van der Waals surface area contributed by atoms with Crippen LogP contribution in [0.25, 0.3) is 0 Å². The maximum atomic E-state index is 12.0. The van der Waals surface area contributed by atoms with Crippen molar-refractivity contribution in [1.29, 1.82) is 0 Å². The number of nitrogens with zero attached hydrogens (tertiary/aromatic N) is 1. The van der Waals surface area contributed by atoms with Gasteiger partial charge in [0.2, 0.25) is 10.0 Å². The van der Waals surface area contributed by atoms with Crippen LogP contribution in [0.5, 0.6) is 0 Å². The summed E-state index contributed by atoms with van der Waals surface area (Å²) in [5.41, 5.74) is 0.548. The second-order valence-corrected chi connectivity index (χ2v) is 8.46. The number of sulfonamides is 1. The van der Waals surface area contributed by atoms with E-state index < -0.39 is 21.7 Å². The normalized spacial score (nSPS) is 11.9. The molecule has 0 aliphatic heterocycles. The first kappa shape index (κ1) is 19.6. The van der Waals surface area contributed by atoms with E-state index >= 15 is 0 Å². The highest BCUT2D eigenvalue weighted by atomic mass is 35.5. The lowest BCUT2D eigenvalue weighted by molar-refractivity contribution is 0.0529. The van der Waals surface area contributed by atoms with Crippen LogP contribution in [0.1, 0.15) is 26.3 Å². The molecule has 0 radical (unpaired) electrons. The van der Waals surface area contributed by atoms with Crippen LogP contribution in [0.2, 0.25) is 5.02 Å². The quantitative estimate of drug-likeness (QED) is 0.873. The van der Waals surface area contributed by atoms with Gasteiger partial charge >= 0.3 is 6.09 Å². The number of halogens is 1. The van der Waals surface area contributed by atoms with Crippen molar-refractivity contribution in [3.8, 4) is 0 Å². The van der Waals surface area contributed by atoms with Gasteiger partial charge in [-0.05, 0) is 45.4 Å². The molecule has 0 heterocycles. The van der Waals surface area contributed by atoms with E-state index in [0.29, 0.717) is 16.3 Å². The molecule has 0 aromatic heterocycles. The van der Waals surface area contributed by atoms with E-state index in [-0.39, 0.29) is 13.1 Å². The lowest BCUT2D eigenvalue weighted by Crippen LogP contribution is -2.40. The molecule has 0 aliphatic rings. The third-order valence-corrected chi connectivity index (χ3v) is 4.48. The molecule has 130 valence electrons. The smallest absolute Gasteiger partial charge is 0.407 e. The van der Waals surface area contributed by atoms with Gasteiger partial charge in [-0.25, -0.2) is 13.2 Å². The van der Waals surface area contributed by atoms with Gasteiger partial charge in [-0.1, -0.05) is 17.7 Å². The number of carbonyl (C=O) groups is 1. The molecular weight excluding hydrogens is 340 g/mol. The fourth-order valence-electron chi connectivity index (χ4n) is 1.90. The number of benzene rings is 1. The summed E-state index contributed by atoms with van der Waals surface area (Å²) in [7, 11) is -3.51. The predicted molar refractivity (Wildman–Crippen MR) is 92.6 cm³/mol. The number of carbonyl (C=O) groups excluding carboxylic acids is 1. The summed E-state index contributed by atoms with van der Waals surface area (Å²) in [4.78, 5) is 11.6. The molecule has 0 atom stereocenters. The molecule has 23 heavy (non-hydrogen) atoms. The number of hydrogen-bond donors (Lipinski definition) is 1. The Morgan fingerprint density at radius 3 is 2.48 bits per heavy atom. The van der Waals surface area contributed by atoms with E-state index in [0.717, 1.165) is 6.26 Å². The van der Waals surface area contributed by atoms with Gasteiger partial charge in [0.25, 0.3) is 0 Å². The molecule has 0 bridgehead atoms. The van der Waals surface area contributed by atoms with Crippen molar-refractivity contribution in [2.24, 2.45) is 0 Å². The Morgan fingerprint density at radius 2 is 1.96 bits per heavy atom. The topological polar surface area (TPSA) is 75.7 Å². The summed E-state index contributed by atoms with van der Waals surface area (Å²) in [6.45, 7) is 7.21. The highest BCUT2D eigenvalue weighted by molar-refractivity contribution is 7.92. The van der Waals surface area contributed by atoms with E-state index in [2.05, 4.69) is 5.32 Å². The second kappa shape index (κ2) is 7.40. The summed E-state index contributed by atoms with van der Waals surface area (Å²) < 4.78 is 30.4. The maximum absolute atomic E-state index is 12.0. The molecule has 8 heteroatoms. The van der Waals surface area contributed by atoms with Gasteiger partial charge in [0.1, 0.15) is 5.60 Å². The van der Waals surface area contributed by atoms with Gasteiger partial charge < -0.3 is 10.1 Å². The summed E-state index contributed by atoms with van der Waals surface area (Å²) in [5, 5.41) is 3.03. The van der Waals surface area contributed by atoms with Crippen molar-refractivity contribution >= 4 is 33.4 Å². The minimum Gasteiger partial charge on any atom is -0.444 e. The van der Waals surface area contributed by atoms with Crippen LogP contribution in [0.3, 0.4) is 0 Å². The minimum atomic E-state index is -3.51. The number of anilines is 1. The first-order valence-electron chi connectivity index (χ1n) is 7.11. The molecule has 1 amide bonds. The van der Waals surface area contributed by atoms with E-state index in [1.807, 2.05) is 0 Å². The average Bonchev–Trinajstić information content (AvgIpc) is 2.35. The molecule has 0 aliphatic carbocycles. The van der Waals surface area contributed by atoms with Crippen LogP contribution in [0.15, 0.2) is 18.2 Å². The van der Waals surface area contributed by atoms with E-state index in [9.17, 15) is 13.2 Å². The molecule has 1 aromatic carbocycles. The Hall–Kier alpha value is -1.47. The zero-order valence-corrected chi connectivity index (χ0v) is 15.6. The number of rotatable bonds is 5. The van der Waals surface area contributed by atoms with Gasteiger partial charge in [-0.15, -0.1) is 0 Å². The van der Waals surface area contributed by atoms with Crippen LogP contribution in [0.4, 0.5) is 10.5 Å². The largest absolute Gasteiger partial charge is 0.444 e. The van der Waals surface area contributed by atoms with Crippen molar-refractivity contribution in [2.75, 3.05) is 23.7 Å². The Kier molecular flexibility index (Phi) is 6.30. The minimum absolute atomic E-state index is 0.0826. The summed E-state index contributed by atoms with van der Waals surface area (Å²) in [6, 6.07) is 5.06. The third kappa shape index (κ3) is 6.27. The fourth-order valence-corrected chi connectivity index (χ4v) is 3.05. The van der Waals surface area contributed by atoms with Gasteiger partial charge in [-0.2, -0.15) is 0 Å². The van der Waals surface area contributed by atoms with Crippen molar-refractivity contribution in [2.45, 2.75) is 33.3 Å². The Bertz CT molecular complexity index is 669. The van der Waals surface area contributed by atoms with Crippen LogP contribution < -0.4 is 9.62 Å². The summed E-state index contributed by atoms with van der Waals surface area (Å²) in [5.74, 6) is 0. The average molecular weight is 363 g/mol. The number of ether oxygens (including phenoxy) is 1. The van der Waals surface area contributed by atoms with Crippen LogP contribution in [-0.4, -0.2) is 39.5 Å². The first-order valence-corrected chi connectivity index (χ1v) is 9.34. The van der Waals surface area contributed by atoms with Gasteiger partial charge in [0.05, 0.1) is 18.5 Å². The number of alkyl carbamates (subject to hydrolysis) is 1. The van der Waals surface area contributed by atoms with E-state index in [1.54, 1.807) is 45.9 Å². The highest BCUT2D eigenvalue weighted by Crippen LogP contribution is 2.27. The SMILES string of the molecule is Cc1c(Cl)cccc1N(CCNC(=O)OC(C)(C)C)S(C)(=O)=O. The van der Waals surface area contributed by atoms with Gasteiger partial charge in [0, 0.05) is 11.6 Å². The van der Waals surface area contributed by atoms with Crippen molar-refractivity contribution in [3.05, 3.63) is 28.8 Å². The summed E-state index contributed by atoms with van der Waals surface area (Å²) in [6.07, 6.45) is 0.523. The number of amides is 1.